The summed E-state index contributed by atoms with van der Waals surface area (Å²) >= 11 is 0. The van der Waals surface area contributed by atoms with E-state index in [0.29, 0.717) is 0 Å². The van der Waals surface area contributed by atoms with Crippen LogP contribution in [-0.4, -0.2) is 5.85 Å². The molecule has 0 bridgehead atoms. The van der Waals surface area contributed by atoms with Crippen molar-refractivity contribution in [3.8, 4) is 0 Å². The minimum Gasteiger partial charge on any atom is -0.210 e. The molecule has 2 heteroatoms. The topological polar surface area (TPSA) is 19.9 Å². The van der Waals surface area contributed by atoms with Gasteiger partial charge in [0.05, 0.1) is 0 Å². The SMILES string of the molecule is CCCCCCCCC(C)([O])F. The number of alkyl halides is 1. The molecule has 0 heterocycles. The van der Waals surface area contributed by atoms with Gasteiger partial charge in [-0.05, 0) is 13.3 Å². The van der Waals surface area contributed by atoms with Gasteiger partial charge in [0.2, 0.25) is 5.85 Å². The second-order valence-corrected chi connectivity index (χ2v) is 3.62. The van der Waals surface area contributed by atoms with Crippen molar-refractivity contribution in [1.82, 2.24) is 0 Å². The molecule has 0 saturated heterocycles. The number of unbranched alkanes of at least 4 members (excludes halogenated alkanes) is 5. The summed E-state index contributed by atoms with van der Waals surface area (Å²) in [6, 6.07) is 0. The predicted octanol–water partition coefficient (Wildman–Crippen LogP) is 3.85. The lowest BCUT2D eigenvalue weighted by atomic mass is 10.1. The molecular weight excluding hydrogens is 155 g/mol. The highest BCUT2D eigenvalue weighted by atomic mass is 19.2. The Bertz CT molecular complexity index is 96.5. The van der Waals surface area contributed by atoms with Gasteiger partial charge in [0, 0.05) is 6.42 Å². The van der Waals surface area contributed by atoms with Crippen molar-refractivity contribution in [3.05, 3.63) is 0 Å². The van der Waals surface area contributed by atoms with Gasteiger partial charge in [0.15, 0.2) is 0 Å². The summed E-state index contributed by atoms with van der Waals surface area (Å²) in [5.74, 6) is -2.20. The molecule has 0 fully saturated rings. The van der Waals surface area contributed by atoms with Gasteiger partial charge in [-0.15, -0.1) is 0 Å². The fourth-order valence-electron chi connectivity index (χ4n) is 1.22. The van der Waals surface area contributed by atoms with Crippen molar-refractivity contribution >= 4 is 0 Å². The van der Waals surface area contributed by atoms with E-state index in [2.05, 4.69) is 6.92 Å². The Morgan fingerprint density at radius 1 is 1.08 bits per heavy atom. The summed E-state index contributed by atoms with van der Waals surface area (Å²) in [5, 5.41) is 10.5. The van der Waals surface area contributed by atoms with E-state index in [1.165, 1.54) is 19.3 Å². The first-order valence-corrected chi connectivity index (χ1v) is 4.95. The molecule has 0 amide bonds. The van der Waals surface area contributed by atoms with Gasteiger partial charge in [0.1, 0.15) is 0 Å². The molecule has 0 saturated carbocycles. The van der Waals surface area contributed by atoms with E-state index in [0.717, 1.165) is 26.2 Å². The zero-order valence-electron chi connectivity index (χ0n) is 8.24. The van der Waals surface area contributed by atoms with E-state index in [-0.39, 0.29) is 6.42 Å². The lowest BCUT2D eigenvalue weighted by molar-refractivity contribution is -0.132. The van der Waals surface area contributed by atoms with Crippen molar-refractivity contribution < 1.29 is 9.50 Å². The second kappa shape index (κ2) is 6.41. The molecule has 0 N–H and O–H groups in total. The Kier molecular flexibility index (Phi) is 6.35. The van der Waals surface area contributed by atoms with Crippen molar-refractivity contribution in [2.75, 3.05) is 0 Å². The molecule has 1 nitrogen and oxygen atoms in total. The third-order valence-electron chi connectivity index (χ3n) is 1.98. The average Bonchev–Trinajstić information content (AvgIpc) is 1.94. The van der Waals surface area contributed by atoms with Crippen molar-refractivity contribution in [2.45, 2.75) is 64.6 Å². The first-order chi connectivity index (χ1) is 5.56. The third kappa shape index (κ3) is 9.89. The quantitative estimate of drug-likeness (QED) is 0.524. The van der Waals surface area contributed by atoms with Crippen LogP contribution in [0.5, 0.6) is 0 Å². The van der Waals surface area contributed by atoms with Gasteiger partial charge < -0.3 is 0 Å². The normalized spacial score (nSPS) is 16.0. The summed E-state index contributed by atoms with van der Waals surface area (Å²) in [6.07, 6.45) is 6.75. The lowest BCUT2D eigenvalue weighted by Crippen LogP contribution is -2.13. The highest BCUT2D eigenvalue weighted by molar-refractivity contribution is 4.56. The smallest absolute Gasteiger partial charge is 0.210 e. The van der Waals surface area contributed by atoms with Crippen LogP contribution >= 0.6 is 0 Å². The molecule has 1 unspecified atom stereocenters. The molecule has 73 valence electrons. The molecule has 0 aliphatic heterocycles. The Balaban J connectivity index is 3.01. The predicted molar refractivity (Wildman–Crippen MR) is 48.2 cm³/mol. The van der Waals surface area contributed by atoms with Crippen LogP contribution in [0.2, 0.25) is 0 Å². The molecule has 0 aromatic carbocycles. The molecule has 1 atom stereocenters. The van der Waals surface area contributed by atoms with E-state index in [9.17, 15) is 9.50 Å². The van der Waals surface area contributed by atoms with Gasteiger partial charge >= 0.3 is 0 Å². The fraction of sp³-hybridized carbons (Fsp3) is 1.00. The van der Waals surface area contributed by atoms with Crippen molar-refractivity contribution in [3.63, 3.8) is 0 Å². The maximum Gasteiger partial charge on any atom is 0.238 e. The van der Waals surface area contributed by atoms with Crippen LogP contribution in [0, 0.1) is 0 Å². The maximum absolute atomic E-state index is 12.4. The summed E-state index contributed by atoms with van der Waals surface area (Å²) in [6.45, 7) is 3.27. The standard InChI is InChI=1S/C10H20FO/c1-3-4-5-6-7-8-9-10(2,11)12/h3-9H2,1-2H3. The van der Waals surface area contributed by atoms with E-state index in [4.69, 9.17) is 0 Å². The highest BCUT2D eigenvalue weighted by Crippen LogP contribution is 2.17. The van der Waals surface area contributed by atoms with Crippen LogP contribution in [-0.2, 0) is 5.11 Å². The monoisotopic (exact) mass is 175 g/mol. The summed E-state index contributed by atoms with van der Waals surface area (Å²) in [5.41, 5.74) is 0. The van der Waals surface area contributed by atoms with Crippen LogP contribution in [0.15, 0.2) is 0 Å². The van der Waals surface area contributed by atoms with Crippen molar-refractivity contribution in [2.24, 2.45) is 0 Å². The van der Waals surface area contributed by atoms with Crippen molar-refractivity contribution in [1.29, 1.82) is 0 Å². The minimum atomic E-state index is -2.20. The number of hydrogen-bond acceptors (Lipinski definition) is 0. The summed E-state index contributed by atoms with van der Waals surface area (Å²) in [4.78, 5) is 0. The zero-order chi connectivity index (χ0) is 9.45. The maximum atomic E-state index is 12.4. The van der Waals surface area contributed by atoms with Gasteiger partial charge in [-0.1, -0.05) is 39.0 Å². The van der Waals surface area contributed by atoms with E-state index >= 15 is 0 Å². The number of hydrogen-bond donors (Lipinski definition) is 0. The molecule has 1 radical (unpaired) electrons. The molecule has 0 aromatic heterocycles. The van der Waals surface area contributed by atoms with Crippen LogP contribution in [0.3, 0.4) is 0 Å². The first-order valence-electron chi connectivity index (χ1n) is 4.95. The minimum absolute atomic E-state index is 0.166. The molecule has 0 aliphatic carbocycles. The first kappa shape index (κ1) is 11.9. The molecule has 0 rings (SSSR count). The van der Waals surface area contributed by atoms with E-state index in [1.807, 2.05) is 0 Å². The molecule has 0 aromatic rings. The molecule has 12 heavy (non-hydrogen) atoms. The van der Waals surface area contributed by atoms with Gasteiger partial charge in [0.25, 0.3) is 0 Å². The van der Waals surface area contributed by atoms with Gasteiger partial charge in [-0.2, -0.15) is 5.11 Å². The average molecular weight is 175 g/mol. The lowest BCUT2D eigenvalue weighted by Gasteiger charge is -2.08. The largest absolute Gasteiger partial charge is 0.238 e. The third-order valence-corrected chi connectivity index (χ3v) is 1.98. The Morgan fingerprint density at radius 2 is 1.58 bits per heavy atom. The molecule has 0 aliphatic rings. The Hall–Kier alpha value is -0.110. The molecule has 0 spiro atoms. The Labute approximate surface area is 75.0 Å². The van der Waals surface area contributed by atoms with Crippen LogP contribution in [0.4, 0.5) is 4.39 Å². The van der Waals surface area contributed by atoms with E-state index < -0.39 is 5.85 Å². The zero-order valence-corrected chi connectivity index (χ0v) is 8.24. The number of halogens is 1. The van der Waals surface area contributed by atoms with Crippen LogP contribution in [0.1, 0.15) is 58.8 Å². The highest BCUT2D eigenvalue weighted by Gasteiger charge is 2.18. The summed E-state index contributed by atoms with van der Waals surface area (Å²) < 4.78 is 12.4. The van der Waals surface area contributed by atoms with Gasteiger partial charge in [-0.3, -0.25) is 0 Å². The number of rotatable bonds is 7. The van der Waals surface area contributed by atoms with Crippen LogP contribution in [0.25, 0.3) is 0 Å². The fourth-order valence-corrected chi connectivity index (χ4v) is 1.22. The van der Waals surface area contributed by atoms with Gasteiger partial charge in [-0.25, -0.2) is 4.39 Å². The molecular formula is C10H20FO. The van der Waals surface area contributed by atoms with Crippen LogP contribution < -0.4 is 0 Å². The van der Waals surface area contributed by atoms with E-state index in [1.54, 1.807) is 0 Å². The Morgan fingerprint density at radius 3 is 2.08 bits per heavy atom. The second-order valence-electron chi connectivity index (χ2n) is 3.62. The summed E-state index contributed by atoms with van der Waals surface area (Å²) in [7, 11) is 0.